The lowest BCUT2D eigenvalue weighted by atomic mass is 10.1. The Balaban J connectivity index is 2.36. The first-order chi connectivity index (χ1) is 8.11. The van der Waals surface area contributed by atoms with Crippen LogP contribution in [0.4, 0.5) is 5.69 Å². The highest BCUT2D eigenvalue weighted by atomic mass is 16.2. The lowest BCUT2D eigenvalue weighted by Gasteiger charge is -2.23. The molecule has 88 valence electrons. The van der Waals surface area contributed by atoms with Gasteiger partial charge < -0.3 is 4.90 Å². The zero-order valence-electron chi connectivity index (χ0n) is 10.2. The molecule has 1 atom stereocenters. The molecule has 1 aromatic carbocycles. The zero-order valence-corrected chi connectivity index (χ0v) is 10.2. The lowest BCUT2D eigenvalue weighted by Crippen LogP contribution is -2.32. The number of hydrogen-bond acceptors (Lipinski definition) is 2. The van der Waals surface area contributed by atoms with Crippen LogP contribution in [0.2, 0.25) is 0 Å². The van der Waals surface area contributed by atoms with Crippen LogP contribution in [0.5, 0.6) is 0 Å². The number of nitrogens with zero attached hydrogens (tertiary/aromatic N) is 2. The minimum atomic E-state index is 0.0497. The Morgan fingerprint density at radius 1 is 1.35 bits per heavy atom. The minimum Gasteiger partial charge on any atom is -0.308 e. The van der Waals surface area contributed by atoms with Gasteiger partial charge in [-0.1, -0.05) is 6.07 Å². The molecule has 1 aliphatic rings. The number of benzene rings is 1. The molecule has 0 spiro atoms. The fraction of sp³-hybridized carbons (Fsp3) is 0.429. The predicted molar refractivity (Wildman–Crippen MR) is 66.7 cm³/mol. The summed E-state index contributed by atoms with van der Waals surface area (Å²) in [5.41, 5.74) is 3.23. The van der Waals surface area contributed by atoms with Crippen molar-refractivity contribution in [2.75, 3.05) is 4.90 Å². The van der Waals surface area contributed by atoms with Crippen LogP contribution in [0, 0.1) is 25.2 Å². The van der Waals surface area contributed by atoms with E-state index in [1.165, 1.54) is 0 Å². The predicted octanol–water partition coefficient (Wildman–Crippen LogP) is 2.71. The maximum Gasteiger partial charge on any atom is 0.227 e. The molecular weight excluding hydrogens is 212 g/mol. The van der Waals surface area contributed by atoms with Crippen LogP contribution < -0.4 is 4.90 Å². The first-order valence-electron chi connectivity index (χ1n) is 5.89. The number of rotatable bonds is 2. The normalized spacial score (nSPS) is 19.5. The molecule has 0 radical (unpaired) electrons. The van der Waals surface area contributed by atoms with Crippen molar-refractivity contribution in [3.8, 4) is 6.07 Å². The van der Waals surface area contributed by atoms with E-state index in [0.29, 0.717) is 12.8 Å². The van der Waals surface area contributed by atoms with Crippen molar-refractivity contribution in [1.29, 1.82) is 5.26 Å². The summed E-state index contributed by atoms with van der Waals surface area (Å²) in [6, 6.07) is 8.33. The molecule has 3 nitrogen and oxygen atoms in total. The zero-order chi connectivity index (χ0) is 12.4. The second-order valence-corrected chi connectivity index (χ2v) is 4.66. The molecule has 1 amide bonds. The van der Waals surface area contributed by atoms with E-state index < -0.39 is 0 Å². The molecule has 0 N–H and O–H groups in total. The summed E-state index contributed by atoms with van der Waals surface area (Å²) in [6.45, 7) is 4.05. The van der Waals surface area contributed by atoms with Crippen molar-refractivity contribution >= 4 is 11.6 Å². The van der Waals surface area contributed by atoms with Crippen LogP contribution >= 0.6 is 0 Å². The average molecular weight is 228 g/mol. The number of aryl methyl sites for hydroxylation is 2. The van der Waals surface area contributed by atoms with Gasteiger partial charge in [0.25, 0.3) is 0 Å². The first kappa shape index (κ1) is 11.7. The van der Waals surface area contributed by atoms with Crippen molar-refractivity contribution in [3.05, 3.63) is 29.3 Å². The summed E-state index contributed by atoms with van der Waals surface area (Å²) in [5, 5.41) is 8.80. The van der Waals surface area contributed by atoms with Gasteiger partial charge in [0, 0.05) is 12.1 Å². The molecule has 0 saturated carbocycles. The SMILES string of the molecule is Cc1cc(C)cc(N2C(=O)CCC2CC#N)c1. The van der Waals surface area contributed by atoms with Gasteiger partial charge in [0.2, 0.25) is 5.91 Å². The van der Waals surface area contributed by atoms with Gasteiger partial charge in [0.15, 0.2) is 0 Å². The molecule has 1 fully saturated rings. The van der Waals surface area contributed by atoms with Gasteiger partial charge in [-0.25, -0.2) is 0 Å². The van der Waals surface area contributed by atoms with E-state index in [2.05, 4.69) is 12.1 Å². The van der Waals surface area contributed by atoms with Crippen LogP contribution in [0.3, 0.4) is 0 Å². The summed E-state index contributed by atoms with van der Waals surface area (Å²) in [6.07, 6.45) is 1.76. The highest BCUT2D eigenvalue weighted by molar-refractivity contribution is 5.96. The number of carbonyl (C=O) groups excluding carboxylic acids is 1. The first-order valence-corrected chi connectivity index (χ1v) is 5.89. The molecule has 17 heavy (non-hydrogen) atoms. The second-order valence-electron chi connectivity index (χ2n) is 4.66. The average Bonchev–Trinajstić information content (AvgIpc) is 2.59. The molecule has 2 rings (SSSR count). The quantitative estimate of drug-likeness (QED) is 0.781. The van der Waals surface area contributed by atoms with Crippen LogP contribution in [0.1, 0.15) is 30.4 Å². The largest absolute Gasteiger partial charge is 0.308 e. The monoisotopic (exact) mass is 228 g/mol. The number of hydrogen-bond donors (Lipinski definition) is 0. The van der Waals surface area contributed by atoms with Gasteiger partial charge in [0.05, 0.1) is 18.5 Å². The Morgan fingerprint density at radius 2 is 2.00 bits per heavy atom. The summed E-state index contributed by atoms with van der Waals surface area (Å²) in [4.78, 5) is 13.7. The van der Waals surface area contributed by atoms with E-state index in [4.69, 9.17) is 5.26 Å². The molecular formula is C14H16N2O. The van der Waals surface area contributed by atoms with Gasteiger partial charge in [-0.2, -0.15) is 5.26 Å². The van der Waals surface area contributed by atoms with Crippen LogP contribution in [-0.2, 0) is 4.79 Å². The smallest absolute Gasteiger partial charge is 0.227 e. The van der Waals surface area contributed by atoms with E-state index in [1.807, 2.05) is 26.0 Å². The van der Waals surface area contributed by atoms with Gasteiger partial charge in [0.1, 0.15) is 0 Å². The Kier molecular flexibility index (Phi) is 3.14. The Labute approximate surface area is 102 Å². The topological polar surface area (TPSA) is 44.1 Å². The van der Waals surface area contributed by atoms with Crippen molar-refractivity contribution in [2.24, 2.45) is 0 Å². The maximum absolute atomic E-state index is 11.9. The van der Waals surface area contributed by atoms with Crippen molar-refractivity contribution < 1.29 is 4.79 Å². The number of carbonyl (C=O) groups is 1. The molecule has 1 saturated heterocycles. The molecule has 0 bridgehead atoms. The van der Waals surface area contributed by atoms with E-state index in [0.717, 1.165) is 23.2 Å². The maximum atomic E-state index is 11.9. The van der Waals surface area contributed by atoms with E-state index in [-0.39, 0.29) is 11.9 Å². The standard InChI is InChI=1S/C14H16N2O/c1-10-7-11(2)9-13(8-10)16-12(5-6-15)3-4-14(16)17/h7-9,12H,3-5H2,1-2H3. The van der Waals surface area contributed by atoms with Crippen LogP contribution in [0.15, 0.2) is 18.2 Å². The van der Waals surface area contributed by atoms with E-state index in [1.54, 1.807) is 4.90 Å². The molecule has 1 aliphatic heterocycles. The van der Waals surface area contributed by atoms with Crippen molar-refractivity contribution in [1.82, 2.24) is 0 Å². The summed E-state index contributed by atoms with van der Waals surface area (Å²) < 4.78 is 0. The summed E-state index contributed by atoms with van der Waals surface area (Å²) in [5.74, 6) is 0.134. The van der Waals surface area contributed by atoms with Gasteiger partial charge in [-0.3, -0.25) is 4.79 Å². The van der Waals surface area contributed by atoms with Crippen molar-refractivity contribution in [2.45, 2.75) is 39.2 Å². The van der Waals surface area contributed by atoms with E-state index >= 15 is 0 Å². The fourth-order valence-corrected chi connectivity index (χ4v) is 2.49. The minimum absolute atomic E-state index is 0.0497. The summed E-state index contributed by atoms with van der Waals surface area (Å²) >= 11 is 0. The lowest BCUT2D eigenvalue weighted by molar-refractivity contribution is -0.117. The number of anilines is 1. The molecule has 1 unspecified atom stereocenters. The molecule has 0 aromatic heterocycles. The molecule has 1 heterocycles. The molecule has 0 aliphatic carbocycles. The highest BCUT2D eigenvalue weighted by Gasteiger charge is 2.31. The Morgan fingerprint density at radius 3 is 2.59 bits per heavy atom. The molecule has 3 heteroatoms. The second kappa shape index (κ2) is 4.58. The number of nitriles is 1. The van der Waals surface area contributed by atoms with Gasteiger partial charge >= 0.3 is 0 Å². The number of amides is 1. The summed E-state index contributed by atoms with van der Waals surface area (Å²) in [7, 11) is 0. The van der Waals surface area contributed by atoms with Crippen molar-refractivity contribution in [3.63, 3.8) is 0 Å². The van der Waals surface area contributed by atoms with Crippen LogP contribution in [0.25, 0.3) is 0 Å². The fourth-order valence-electron chi connectivity index (χ4n) is 2.49. The van der Waals surface area contributed by atoms with Gasteiger partial charge in [-0.15, -0.1) is 0 Å². The third kappa shape index (κ3) is 2.31. The third-order valence-electron chi connectivity index (χ3n) is 3.14. The highest BCUT2D eigenvalue weighted by Crippen LogP contribution is 2.29. The van der Waals surface area contributed by atoms with Gasteiger partial charge in [-0.05, 0) is 43.5 Å². The Hall–Kier alpha value is -1.82. The molecule has 1 aromatic rings. The van der Waals surface area contributed by atoms with E-state index in [9.17, 15) is 4.79 Å². The Bertz CT molecular complexity index is 467. The third-order valence-corrected chi connectivity index (χ3v) is 3.14. The van der Waals surface area contributed by atoms with Crippen LogP contribution in [-0.4, -0.2) is 11.9 Å².